The van der Waals surface area contributed by atoms with Gasteiger partial charge in [-0.15, -0.1) is 0 Å². The molecule has 0 aliphatic carbocycles. The summed E-state index contributed by atoms with van der Waals surface area (Å²) in [5.74, 6) is -0.0351. The number of hydrogen-bond donors (Lipinski definition) is 0. The largest absolute Gasteiger partial charge is 0.306 e. The molecule has 0 spiro atoms. The Morgan fingerprint density at radius 3 is 2.41 bits per heavy atom. The molecule has 0 unspecified atom stereocenters. The van der Waals surface area contributed by atoms with Gasteiger partial charge in [-0.05, 0) is 48.0 Å². The fourth-order valence-electron chi connectivity index (χ4n) is 2.05. The Hall–Kier alpha value is -2.65. The molecular weight excluding hydrogens is 296 g/mol. The molecule has 0 aliphatic rings. The third kappa shape index (κ3) is 3.32. The van der Waals surface area contributed by atoms with Crippen molar-refractivity contribution < 1.29 is 4.79 Å². The molecule has 0 radical (unpaired) electrons. The van der Waals surface area contributed by atoms with Gasteiger partial charge in [0.25, 0.3) is 0 Å². The normalized spacial score (nSPS) is 11.0. The number of nitrogens with zero attached hydrogens (tertiary/aromatic N) is 2. The Morgan fingerprint density at radius 2 is 1.77 bits per heavy atom. The molecule has 0 saturated heterocycles. The van der Waals surface area contributed by atoms with Gasteiger partial charge in [-0.1, -0.05) is 29.8 Å². The molecule has 0 amide bonds. The molecular formula is C18H13ClN2O. The van der Waals surface area contributed by atoms with Crippen LogP contribution in [0.2, 0.25) is 5.02 Å². The van der Waals surface area contributed by atoms with Crippen LogP contribution >= 0.6 is 11.6 Å². The van der Waals surface area contributed by atoms with Crippen molar-refractivity contribution in [3.63, 3.8) is 0 Å². The quantitative estimate of drug-likeness (QED) is 0.528. The summed E-state index contributed by atoms with van der Waals surface area (Å²) in [7, 11) is 0. The third-order valence-corrected chi connectivity index (χ3v) is 3.50. The van der Waals surface area contributed by atoms with Gasteiger partial charge in [-0.25, -0.2) is 4.98 Å². The number of ketones is 1. The Labute approximate surface area is 133 Å². The van der Waals surface area contributed by atoms with E-state index in [-0.39, 0.29) is 5.78 Å². The molecule has 1 aromatic heterocycles. The molecule has 3 aromatic rings. The van der Waals surface area contributed by atoms with Gasteiger partial charge in [0.15, 0.2) is 5.78 Å². The molecule has 22 heavy (non-hydrogen) atoms. The van der Waals surface area contributed by atoms with Crippen LogP contribution in [0.15, 0.2) is 73.3 Å². The Bertz CT molecular complexity index is 788. The molecule has 2 aromatic carbocycles. The van der Waals surface area contributed by atoms with Gasteiger partial charge in [0.2, 0.25) is 0 Å². The molecule has 4 heteroatoms. The number of carbonyl (C=O) groups excluding carboxylic acids is 1. The smallest absolute Gasteiger partial charge is 0.185 e. The van der Waals surface area contributed by atoms with E-state index in [9.17, 15) is 4.79 Å². The number of aromatic nitrogens is 2. The number of carbonyl (C=O) groups is 1. The van der Waals surface area contributed by atoms with Crippen LogP contribution < -0.4 is 0 Å². The second-order valence-corrected chi connectivity index (χ2v) is 5.20. The van der Waals surface area contributed by atoms with Crippen LogP contribution in [0.3, 0.4) is 0 Å². The van der Waals surface area contributed by atoms with Gasteiger partial charge in [-0.2, -0.15) is 0 Å². The fraction of sp³-hybridized carbons (Fsp3) is 0. The zero-order valence-corrected chi connectivity index (χ0v) is 12.4. The minimum atomic E-state index is -0.0351. The highest BCUT2D eigenvalue weighted by molar-refractivity contribution is 6.30. The molecule has 108 valence electrons. The van der Waals surface area contributed by atoms with Crippen LogP contribution in [0.1, 0.15) is 15.9 Å². The molecule has 3 nitrogen and oxygen atoms in total. The Kier molecular flexibility index (Phi) is 4.17. The lowest BCUT2D eigenvalue weighted by Crippen LogP contribution is -1.96. The number of allylic oxidation sites excluding steroid dienone is 1. The standard InChI is InChI=1S/C18H13ClN2O/c19-16-6-1-14(2-7-16)3-10-18(22)15-4-8-17(9-5-15)21-12-11-20-13-21/h1-13H/b10-3-. The maximum Gasteiger partial charge on any atom is 0.185 e. The number of hydrogen-bond acceptors (Lipinski definition) is 2. The third-order valence-electron chi connectivity index (χ3n) is 3.25. The molecule has 0 bridgehead atoms. The van der Waals surface area contributed by atoms with Crippen molar-refractivity contribution in [1.82, 2.24) is 9.55 Å². The number of imidazole rings is 1. The van der Waals surface area contributed by atoms with E-state index in [1.54, 1.807) is 36.8 Å². The summed E-state index contributed by atoms with van der Waals surface area (Å²) in [5.41, 5.74) is 2.55. The van der Waals surface area contributed by atoms with Gasteiger partial charge in [0.05, 0.1) is 6.33 Å². The van der Waals surface area contributed by atoms with Crippen molar-refractivity contribution >= 4 is 23.5 Å². The summed E-state index contributed by atoms with van der Waals surface area (Å²) < 4.78 is 1.89. The van der Waals surface area contributed by atoms with Crippen molar-refractivity contribution in [2.24, 2.45) is 0 Å². The van der Waals surface area contributed by atoms with E-state index in [0.717, 1.165) is 11.3 Å². The molecule has 0 fully saturated rings. The van der Waals surface area contributed by atoms with E-state index in [1.807, 2.05) is 47.2 Å². The summed E-state index contributed by atoms with van der Waals surface area (Å²) in [4.78, 5) is 16.2. The topological polar surface area (TPSA) is 34.9 Å². The summed E-state index contributed by atoms with van der Waals surface area (Å²) in [6.45, 7) is 0. The van der Waals surface area contributed by atoms with Gasteiger partial charge >= 0.3 is 0 Å². The van der Waals surface area contributed by atoms with Gasteiger partial charge < -0.3 is 4.57 Å². The zero-order valence-electron chi connectivity index (χ0n) is 11.7. The predicted molar refractivity (Wildman–Crippen MR) is 88.4 cm³/mol. The lowest BCUT2D eigenvalue weighted by atomic mass is 10.1. The summed E-state index contributed by atoms with van der Waals surface area (Å²) in [6.07, 6.45) is 8.64. The van der Waals surface area contributed by atoms with Crippen molar-refractivity contribution in [3.05, 3.63) is 89.5 Å². The van der Waals surface area contributed by atoms with Gasteiger partial charge in [0, 0.05) is 28.7 Å². The lowest BCUT2D eigenvalue weighted by molar-refractivity contribution is 0.104. The highest BCUT2D eigenvalue weighted by Crippen LogP contribution is 2.13. The first-order valence-corrected chi connectivity index (χ1v) is 7.16. The first-order valence-electron chi connectivity index (χ1n) is 6.79. The SMILES string of the molecule is O=C(/C=C\c1ccc(Cl)cc1)c1ccc(-n2ccnc2)cc1. The van der Waals surface area contributed by atoms with Crippen LogP contribution in [-0.2, 0) is 0 Å². The highest BCUT2D eigenvalue weighted by Gasteiger charge is 2.02. The van der Waals surface area contributed by atoms with Crippen molar-refractivity contribution in [3.8, 4) is 5.69 Å². The van der Waals surface area contributed by atoms with E-state index in [0.29, 0.717) is 10.6 Å². The van der Waals surface area contributed by atoms with E-state index in [1.165, 1.54) is 0 Å². The molecule has 3 rings (SSSR count). The number of benzene rings is 2. The molecule has 1 heterocycles. The van der Waals surface area contributed by atoms with Crippen LogP contribution in [0, 0.1) is 0 Å². The molecule has 0 atom stereocenters. The number of rotatable bonds is 4. The van der Waals surface area contributed by atoms with E-state index < -0.39 is 0 Å². The van der Waals surface area contributed by atoms with Gasteiger partial charge in [-0.3, -0.25) is 4.79 Å². The van der Waals surface area contributed by atoms with Crippen molar-refractivity contribution in [2.75, 3.05) is 0 Å². The van der Waals surface area contributed by atoms with Crippen LogP contribution in [0.25, 0.3) is 11.8 Å². The van der Waals surface area contributed by atoms with E-state index in [4.69, 9.17) is 11.6 Å². The second kappa shape index (κ2) is 6.41. The molecule has 0 N–H and O–H groups in total. The Balaban J connectivity index is 1.73. The summed E-state index contributed by atoms with van der Waals surface area (Å²) in [5, 5.41) is 0.679. The number of halogens is 1. The monoisotopic (exact) mass is 308 g/mol. The maximum atomic E-state index is 12.2. The highest BCUT2D eigenvalue weighted by atomic mass is 35.5. The van der Waals surface area contributed by atoms with E-state index in [2.05, 4.69) is 4.98 Å². The first kappa shape index (κ1) is 14.3. The predicted octanol–water partition coefficient (Wildman–Crippen LogP) is 4.42. The minimum absolute atomic E-state index is 0.0351. The first-order chi connectivity index (χ1) is 10.7. The van der Waals surface area contributed by atoms with Gasteiger partial charge in [0.1, 0.15) is 0 Å². The zero-order chi connectivity index (χ0) is 15.4. The minimum Gasteiger partial charge on any atom is -0.306 e. The average Bonchev–Trinajstić information content (AvgIpc) is 3.09. The summed E-state index contributed by atoms with van der Waals surface area (Å²) in [6, 6.07) is 14.7. The fourth-order valence-corrected chi connectivity index (χ4v) is 2.18. The summed E-state index contributed by atoms with van der Waals surface area (Å²) >= 11 is 5.83. The second-order valence-electron chi connectivity index (χ2n) is 4.77. The van der Waals surface area contributed by atoms with Crippen molar-refractivity contribution in [2.45, 2.75) is 0 Å². The van der Waals surface area contributed by atoms with Crippen LogP contribution in [0.4, 0.5) is 0 Å². The molecule has 0 saturated carbocycles. The lowest BCUT2D eigenvalue weighted by Gasteiger charge is -2.02. The van der Waals surface area contributed by atoms with Crippen molar-refractivity contribution in [1.29, 1.82) is 0 Å². The van der Waals surface area contributed by atoms with Crippen LogP contribution in [0.5, 0.6) is 0 Å². The average molecular weight is 309 g/mol. The van der Waals surface area contributed by atoms with Crippen LogP contribution in [-0.4, -0.2) is 15.3 Å². The molecule has 0 aliphatic heterocycles. The Morgan fingerprint density at radius 1 is 1.05 bits per heavy atom. The van der Waals surface area contributed by atoms with E-state index >= 15 is 0 Å². The maximum absolute atomic E-state index is 12.2.